The van der Waals surface area contributed by atoms with Crippen LogP contribution in [0.25, 0.3) is 6.08 Å². The molecule has 1 aliphatic heterocycles. The van der Waals surface area contributed by atoms with Crippen molar-refractivity contribution in [2.75, 3.05) is 11.5 Å². The van der Waals surface area contributed by atoms with Gasteiger partial charge in [-0.1, -0.05) is 54.1 Å². The van der Waals surface area contributed by atoms with Gasteiger partial charge in [-0.3, -0.25) is 14.9 Å². The highest BCUT2D eigenvalue weighted by atomic mass is 35.5. The Bertz CT molecular complexity index is 1320. The fourth-order valence-electron chi connectivity index (χ4n) is 3.62. The summed E-state index contributed by atoms with van der Waals surface area (Å²) in [5.41, 5.74) is 1.77. The van der Waals surface area contributed by atoms with E-state index in [2.05, 4.69) is 5.32 Å². The number of anilines is 1. The molecular formula is C26H20ClFN2O4. The lowest BCUT2D eigenvalue weighted by Crippen LogP contribution is -2.54. The first-order valence-corrected chi connectivity index (χ1v) is 10.9. The molecule has 1 fully saturated rings. The number of para-hydroxylation sites is 1. The van der Waals surface area contributed by atoms with Crippen LogP contribution in [0.4, 0.5) is 14.9 Å². The van der Waals surface area contributed by atoms with Gasteiger partial charge >= 0.3 is 6.03 Å². The quantitative estimate of drug-likeness (QED) is 0.393. The van der Waals surface area contributed by atoms with Crippen LogP contribution in [-0.4, -0.2) is 24.5 Å². The molecule has 0 unspecified atom stereocenters. The van der Waals surface area contributed by atoms with Crippen molar-refractivity contribution >= 4 is 41.2 Å². The van der Waals surface area contributed by atoms with E-state index in [-0.39, 0.29) is 11.3 Å². The van der Waals surface area contributed by atoms with Crippen LogP contribution >= 0.6 is 11.6 Å². The Labute approximate surface area is 200 Å². The number of halogens is 2. The number of nitrogens with zero attached hydrogens (tertiary/aromatic N) is 1. The first kappa shape index (κ1) is 23.2. The van der Waals surface area contributed by atoms with Gasteiger partial charge in [-0.25, -0.2) is 14.1 Å². The zero-order valence-corrected chi connectivity index (χ0v) is 18.9. The number of nitrogens with one attached hydrogen (secondary N) is 1. The largest absolute Gasteiger partial charge is 0.494 e. The number of rotatable bonds is 6. The van der Waals surface area contributed by atoms with Crippen molar-refractivity contribution in [1.29, 1.82) is 0 Å². The van der Waals surface area contributed by atoms with Gasteiger partial charge in [0.2, 0.25) is 0 Å². The highest BCUT2D eigenvalue weighted by Crippen LogP contribution is 2.29. The lowest BCUT2D eigenvalue weighted by molar-refractivity contribution is -0.122. The van der Waals surface area contributed by atoms with Crippen LogP contribution in [0.1, 0.15) is 23.6 Å². The summed E-state index contributed by atoms with van der Waals surface area (Å²) in [6.45, 7) is 2.25. The average Bonchev–Trinajstić information content (AvgIpc) is 2.81. The summed E-state index contributed by atoms with van der Waals surface area (Å²) in [4.78, 5) is 38.4. The lowest BCUT2D eigenvalue weighted by Gasteiger charge is -2.26. The number of benzene rings is 3. The molecule has 0 aromatic heterocycles. The maximum atomic E-state index is 14.3. The molecule has 8 heteroatoms. The van der Waals surface area contributed by atoms with Crippen molar-refractivity contribution in [3.05, 3.63) is 99.8 Å². The fraction of sp³-hybridized carbons (Fsp3) is 0.115. The van der Waals surface area contributed by atoms with Gasteiger partial charge in [-0.05, 0) is 54.0 Å². The summed E-state index contributed by atoms with van der Waals surface area (Å²) in [6, 6.07) is 17.1. The number of carbonyl (C=O) groups is 3. The van der Waals surface area contributed by atoms with Gasteiger partial charge in [0, 0.05) is 11.4 Å². The molecule has 1 heterocycles. The maximum absolute atomic E-state index is 14.3. The van der Waals surface area contributed by atoms with Gasteiger partial charge in [-0.2, -0.15) is 0 Å². The molecule has 34 heavy (non-hydrogen) atoms. The third kappa shape index (κ3) is 4.70. The average molecular weight is 479 g/mol. The molecule has 3 aromatic rings. The Morgan fingerprint density at radius 1 is 1.00 bits per heavy atom. The number of urea groups is 1. The molecule has 1 aliphatic rings. The molecule has 172 valence electrons. The van der Waals surface area contributed by atoms with Crippen LogP contribution in [0.3, 0.4) is 0 Å². The Morgan fingerprint density at radius 3 is 2.47 bits per heavy atom. The minimum atomic E-state index is -1.01. The van der Waals surface area contributed by atoms with E-state index in [1.165, 1.54) is 24.3 Å². The molecule has 4 amide bonds. The molecule has 0 radical (unpaired) electrons. The van der Waals surface area contributed by atoms with Crippen molar-refractivity contribution in [2.24, 2.45) is 0 Å². The minimum Gasteiger partial charge on any atom is -0.494 e. The van der Waals surface area contributed by atoms with E-state index in [0.717, 1.165) is 17.2 Å². The Hall–Kier alpha value is -3.97. The molecule has 1 saturated heterocycles. The van der Waals surface area contributed by atoms with E-state index in [0.29, 0.717) is 34.3 Å². The van der Waals surface area contributed by atoms with Gasteiger partial charge < -0.3 is 4.74 Å². The Balaban J connectivity index is 1.69. The number of hydrogen-bond acceptors (Lipinski definition) is 4. The molecule has 1 N–H and O–H groups in total. The summed E-state index contributed by atoms with van der Waals surface area (Å²) < 4.78 is 20.0. The molecule has 6 nitrogen and oxygen atoms in total. The standard InChI is InChI=1S/C26H20ClFN2O4/c1-2-34-23-14-16(11-12-18(23)15-17-7-3-4-8-20(17)27)13-19-24(31)29-26(33)30(25(19)32)22-10-6-5-9-21(22)28/h3-14H,2,15H2,1H3,(H,29,31,33)/b19-13-. The van der Waals surface area contributed by atoms with Crippen LogP contribution < -0.4 is 15.0 Å². The third-order valence-corrected chi connectivity index (χ3v) is 5.60. The normalized spacial score (nSPS) is 15.0. The van der Waals surface area contributed by atoms with E-state index in [9.17, 15) is 18.8 Å². The first-order chi connectivity index (χ1) is 16.4. The predicted octanol–water partition coefficient (Wildman–Crippen LogP) is 5.14. The highest BCUT2D eigenvalue weighted by molar-refractivity contribution is 6.39. The molecule has 0 aliphatic carbocycles. The summed E-state index contributed by atoms with van der Waals surface area (Å²) >= 11 is 6.29. The van der Waals surface area contributed by atoms with Crippen LogP contribution in [0.15, 0.2) is 72.3 Å². The molecule has 4 rings (SSSR count). The van der Waals surface area contributed by atoms with Gasteiger partial charge in [0.25, 0.3) is 11.8 Å². The molecule has 0 atom stereocenters. The van der Waals surface area contributed by atoms with Crippen molar-refractivity contribution in [3.63, 3.8) is 0 Å². The van der Waals surface area contributed by atoms with Crippen molar-refractivity contribution in [2.45, 2.75) is 13.3 Å². The summed E-state index contributed by atoms with van der Waals surface area (Å²) in [5.74, 6) is -1.97. The summed E-state index contributed by atoms with van der Waals surface area (Å²) in [5, 5.41) is 2.73. The number of amides is 4. The zero-order valence-electron chi connectivity index (χ0n) is 18.2. The van der Waals surface area contributed by atoms with Crippen LogP contribution in [0, 0.1) is 5.82 Å². The van der Waals surface area contributed by atoms with Crippen LogP contribution in [-0.2, 0) is 16.0 Å². The van der Waals surface area contributed by atoms with E-state index < -0.39 is 23.7 Å². The van der Waals surface area contributed by atoms with Crippen molar-refractivity contribution < 1.29 is 23.5 Å². The molecule has 0 spiro atoms. The smallest absolute Gasteiger partial charge is 0.336 e. The lowest BCUT2D eigenvalue weighted by atomic mass is 10.0. The van der Waals surface area contributed by atoms with Crippen LogP contribution in [0.5, 0.6) is 5.75 Å². The van der Waals surface area contributed by atoms with E-state index in [1.54, 1.807) is 12.1 Å². The second-order valence-electron chi connectivity index (χ2n) is 7.48. The first-order valence-electron chi connectivity index (χ1n) is 10.5. The second-order valence-corrected chi connectivity index (χ2v) is 7.88. The number of hydrogen-bond donors (Lipinski definition) is 1. The maximum Gasteiger partial charge on any atom is 0.336 e. The van der Waals surface area contributed by atoms with Crippen molar-refractivity contribution in [3.8, 4) is 5.75 Å². The minimum absolute atomic E-state index is 0.242. The number of barbiturate groups is 1. The summed E-state index contributed by atoms with van der Waals surface area (Å²) in [6.07, 6.45) is 1.88. The number of carbonyl (C=O) groups excluding carboxylic acids is 3. The molecule has 0 bridgehead atoms. The number of ether oxygens (including phenoxy) is 1. The van der Waals surface area contributed by atoms with Gasteiger partial charge in [0.05, 0.1) is 12.3 Å². The van der Waals surface area contributed by atoms with Gasteiger partial charge in [-0.15, -0.1) is 0 Å². The third-order valence-electron chi connectivity index (χ3n) is 5.24. The predicted molar refractivity (Wildman–Crippen MR) is 127 cm³/mol. The second kappa shape index (κ2) is 9.89. The van der Waals surface area contributed by atoms with E-state index in [1.807, 2.05) is 37.3 Å². The monoisotopic (exact) mass is 478 g/mol. The molecule has 3 aromatic carbocycles. The SMILES string of the molecule is CCOc1cc(/C=C2/C(=O)NC(=O)N(c3ccccc3F)C2=O)ccc1Cc1ccccc1Cl. The van der Waals surface area contributed by atoms with Crippen LogP contribution in [0.2, 0.25) is 5.02 Å². The highest BCUT2D eigenvalue weighted by Gasteiger charge is 2.37. The summed E-state index contributed by atoms with van der Waals surface area (Å²) in [7, 11) is 0. The van der Waals surface area contributed by atoms with E-state index in [4.69, 9.17) is 16.3 Å². The Morgan fingerprint density at radius 2 is 1.74 bits per heavy atom. The van der Waals surface area contributed by atoms with Gasteiger partial charge in [0.1, 0.15) is 17.1 Å². The topological polar surface area (TPSA) is 75.7 Å². The Kier molecular flexibility index (Phi) is 6.75. The fourth-order valence-corrected chi connectivity index (χ4v) is 3.82. The van der Waals surface area contributed by atoms with Crippen molar-refractivity contribution in [1.82, 2.24) is 5.32 Å². The van der Waals surface area contributed by atoms with E-state index >= 15 is 0 Å². The molecule has 0 saturated carbocycles. The molecular weight excluding hydrogens is 459 g/mol. The van der Waals surface area contributed by atoms with Gasteiger partial charge in [0.15, 0.2) is 0 Å². The zero-order chi connectivity index (χ0) is 24.2. The number of imide groups is 2.